The van der Waals surface area contributed by atoms with Gasteiger partial charge in [-0.25, -0.2) is 13.1 Å². The molecule has 0 atom stereocenters. The molecule has 2 rings (SSSR count). The number of nitro groups is 1. The maximum atomic E-state index is 12.2. The highest BCUT2D eigenvalue weighted by Crippen LogP contribution is 2.22. The molecule has 2 aromatic rings. The van der Waals surface area contributed by atoms with Crippen LogP contribution in [0.3, 0.4) is 0 Å². The third kappa shape index (κ3) is 3.29. The maximum Gasteiger partial charge on any atom is 0.289 e. The van der Waals surface area contributed by atoms with Gasteiger partial charge in [0.1, 0.15) is 0 Å². The van der Waals surface area contributed by atoms with Crippen LogP contribution in [0, 0.1) is 17.0 Å². The van der Waals surface area contributed by atoms with Crippen molar-refractivity contribution in [2.24, 2.45) is 0 Å². The fraction of sp³-hybridized carbons (Fsp3) is 0.0714. The van der Waals surface area contributed by atoms with Gasteiger partial charge in [-0.1, -0.05) is 29.8 Å². The Bertz CT molecular complexity index is 829. The normalized spacial score (nSPS) is 11.0. The van der Waals surface area contributed by atoms with Gasteiger partial charge in [-0.3, -0.25) is 14.9 Å². The fourth-order valence-corrected chi connectivity index (χ4v) is 2.92. The third-order valence-corrected chi connectivity index (χ3v) is 4.27. The predicted molar refractivity (Wildman–Crippen MR) is 78.9 cm³/mol. The van der Waals surface area contributed by atoms with Crippen molar-refractivity contribution < 1.29 is 18.1 Å². The monoisotopic (exact) mass is 320 g/mol. The Morgan fingerprint density at radius 3 is 2.27 bits per heavy atom. The topological polar surface area (TPSA) is 106 Å². The van der Waals surface area contributed by atoms with E-state index in [1.54, 1.807) is 12.1 Å². The van der Waals surface area contributed by atoms with Gasteiger partial charge < -0.3 is 0 Å². The first kappa shape index (κ1) is 15.6. The number of sulfonamides is 1. The Kier molecular flexibility index (Phi) is 4.22. The van der Waals surface area contributed by atoms with Crippen LogP contribution in [0.5, 0.6) is 0 Å². The molecule has 0 aliphatic rings. The molecule has 2 aromatic carbocycles. The van der Waals surface area contributed by atoms with E-state index in [4.69, 9.17) is 0 Å². The van der Waals surface area contributed by atoms with Gasteiger partial charge in [0, 0.05) is 11.6 Å². The highest BCUT2D eigenvalue weighted by molar-refractivity contribution is 7.90. The number of nitrogens with one attached hydrogen (secondary N) is 1. The van der Waals surface area contributed by atoms with Crippen LogP contribution in [0.15, 0.2) is 53.4 Å². The molecule has 114 valence electrons. The summed E-state index contributed by atoms with van der Waals surface area (Å²) in [7, 11) is -4.33. The molecule has 0 aromatic heterocycles. The summed E-state index contributed by atoms with van der Waals surface area (Å²) in [6.45, 7) is 1.83. The van der Waals surface area contributed by atoms with Crippen LogP contribution in [0.2, 0.25) is 0 Å². The van der Waals surface area contributed by atoms with Crippen LogP contribution in [-0.4, -0.2) is 19.2 Å². The summed E-state index contributed by atoms with van der Waals surface area (Å²) in [5.41, 5.74) is 0.470. The lowest BCUT2D eigenvalue weighted by Gasteiger charge is -2.07. The van der Waals surface area contributed by atoms with Gasteiger partial charge in [0.05, 0.1) is 4.92 Å². The van der Waals surface area contributed by atoms with Crippen LogP contribution < -0.4 is 4.72 Å². The van der Waals surface area contributed by atoms with Crippen molar-refractivity contribution in [3.63, 3.8) is 0 Å². The van der Waals surface area contributed by atoms with Crippen molar-refractivity contribution in [2.45, 2.75) is 11.8 Å². The standard InChI is InChI=1S/C14H12N2O5S/c1-10-6-8-11(9-7-10)14(17)15-22(20,21)13-5-3-2-4-12(13)16(18)19/h2-9H,1H3,(H,15,17). The van der Waals surface area contributed by atoms with Crippen LogP contribution in [-0.2, 0) is 10.0 Å². The number of aryl methyl sites for hydroxylation is 1. The minimum atomic E-state index is -4.33. The smallest absolute Gasteiger partial charge is 0.268 e. The third-order valence-electron chi connectivity index (χ3n) is 2.89. The molecule has 7 nitrogen and oxygen atoms in total. The van der Waals surface area contributed by atoms with Crippen LogP contribution >= 0.6 is 0 Å². The summed E-state index contributed by atoms with van der Waals surface area (Å²) in [5.74, 6) is -0.849. The van der Waals surface area contributed by atoms with Gasteiger partial charge in [-0.05, 0) is 25.1 Å². The summed E-state index contributed by atoms with van der Waals surface area (Å²) >= 11 is 0. The van der Waals surface area contributed by atoms with Crippen molar-refractivity contribution in [2.75, 3.05) is 0 Å². The summed E-state index contributed by atoms with van der Waals surface area (Å²) < 4.78 is 26.2. The van der Waals surface area contributed by atoms with E-state index in [-0.39, 0.29) is 5.56 Å². The van der Waals surface area contributed by atoms with Crippen molar-refractivity contribution >= 4 is 21.6 Å². The highest BCUT2D eigenvalue weighted by atomic mass is 32.2. The first-order valence-corrected chi connectivity index (χ1v) is 7.67. The Hall–Kier alpha value is -2.74. The number of benzene rings is 2. The lowest BCUT2D eigenvalue weighted by Crippen LogP contribution is -2.31. The predicted octanol–water partition coefficient (Wildman–Crippen LogP) is 2.02. The molecule has 0 bridgehead atoms. The Labute approximate surface area is 126 Å². The van der Waals surface area contributed by atoms with E-state index >= 15 is 0 Å². The minimum absolute atomic E-state index is 0.146. The quantitative estimate of drug-likeness (QED) is 0.685. The number of carbonyl (C=O) groups excluding carboxylic acids is 1. The second-order valence-corrected chi connectivity index (χ2v) is 6.18. The second kappa shape index (κ2) is 5.94. The summed E-state index contributed by atoms with van der Waals surface area (Å²) in [4.78, 5) is 21.5. The highest BCUT2D eigenvalue weighted by Gasteiger charge is 2.27. The molecule has 0 heterocycles. The fourth-order valence-electron chi connectivity index (χ4n) is 1.78. The summed E-state index contributed by atoms with van der Waals surface area (Å²) in [6.07, 6.45) is 0. The number of hydrogen-bond acceptors (Lipinski definition) is 5. The van der Waals surface area contributed by atoms with E-state index in [0.29, 0.717) is 0 Å². The average molecular weight is 320 g/mol. The molecule has 1 N–H and O–H groups in total. The lowest BCUT2D eigenvalue weighted by atomic mass is 10.1. The van der Waals surface area contributed by atoms with E-state index in [0.717, 1.165) is 17.7 Å². The van der Waals surface area contributed by atoms with E-state index in [1.165, 1.54) is 24.3 Å². The van der Waals surface area contributed by atoms with Crippen LogP contribution in [0.25, 0.3) is 0 Å². The van der Waals surface area contributed by atoms with Gasteiger partial charge in [-0.2, -0.15) is 0 Å². The molecule has 0 aliphatic carbocycles. The number of nitro benzene ring substituents is 1. The molecule has 0 saturated carbocycles. The van der Waals surface area contributed by atoms with Crippen LogP contribution in [0.1, 0.15) is 15.9 Å². The number of hydrogen-bond donors (Lipinski definition) is 1. The molecule has 0 unspecified atom stereocenters. The molecule has 0 spiro atoms. The molecule has 8 heteroatoms. The first-order valence-electron chi connectivity index (χ1n) is 6.18. The molecular formula is C14H12N2O5S. The van der Waals surface area contributed by atoms with Crippen molar-refractivity contribution in [1.82, 2.24) is 4.72 Å². The SMILES string of the molecule is Cc1ccc(C(=O)NS(=O)(=O)c2ccccc2[N+](=O)[O-])cc1. The second-order valence-electron chi connectivity index (χ2n) is 4.53. The first-order chi connectivity index (χ1) is 10.3. The number of carbonyl (C=O) groups is 1. The zero-order chi connectivity index (χ0) is 16.3. The largest absolute Gasteiger partial charge is 0.289 e. The van der Waals surface area contributed by atoms with Gasteiger partial charge in [0.15, 0.2) is 4.90 Å². The van der Waals surface area contributed by atoms with Gasteiger partial charge in [0.2, 0.25) is 0 Å². The van der Waals surface area contributed by atoms with Crippen LogP contribution in [0.4, 0.5) is 5.69 Å². The Morgan fingerprint density at radius 1 is 1.09 bits per heavy atom. The summed E-state index contributed by atoms with van der Waals surface area (Å²) in [6, 6.07) is 11.1. The lowest BCUT2D eigenvalue weighted by molar-refractivity contribution is -0.387. The molecular weight excluding hydrogens is 308 g/mol. The van der Waals surface area contributed by atoms with E-state index in [9.17, 15) is 23.3 Å². The number of para-hydroxylation sites is 1. The summed E-state index contributed by atoms with van der Waals surface area (Å²) in [5, 5.41) is 10.9. The maximum absolute atomic E-state index is 12.2. The van der Waals surface area contributed by atoms with E-state index in [1.807, 2.05) is 11.6 Å². The Morgan fingerprint density at radius 2 is 1.68 bits per heavy atom. The zero-order valence-electron chi connectivity index (χ0n) is 11.5. The van der Waals surface area contributed by atoms with Crippen molar-refractivity contribution in [3.8, 4) is 0 Å². The molecule has 0 saturated heterocycles. The molecule has 22 heavy (non-hydrogen) atoms. The molecule has 0 fully saturated rings. The Balaban J connectivity index is 2.34. The molecule has 0 radical (unpaired) electrons. The van der Waals surface area contributed by atoms with E-state index in [2.05, 4.69) is 0 Å². The van der Waals surface area contributed by atoms with Gasteiger partial charge >= 0.3 is 0 Å². The molecule has 0 aliphatic heterocycles. The minimum Gasteiger partial charge on any atom is -0.268 e. The van der Waals surface area contributed by atoms with Gasteiger partial charge in [0.25, 0.3) is 21.6 Å². The molecule has 1 amide bonds. The van der Waals surface area contributed by atoms with Crippen molar-refractivity contribution in [1.29, 1.82) is 0 Å². The number of nitrogens with zero attached hydrogens (tertiary/aromatic N) is 1. The average Bonchev–Trinajstić information content (AvgIpc) is 2.47. The zero-order valence-corrected chi connectivity index (χ0v) is 12.3. The van der Waals surface area contributed by atoms with Crippen molar-refractivity contribution in [3.05, 3.63) is 69.8 Å². The van der Waals surface area contributed by atoms with E-state index < -0.39 is 31.4 Å². The van der Waals surface area contributed by atoms with Gasteiger partial charge in [-0.15, -0.1) is 0 Å². The number of rotatable bonds is 4. The number of amides is 1.